The minimum atomic E-state index is -0.384. The van der Waals surface area contributed by atoms with Crippen LogP contribution in [0.4, 0.5) is 0 Å². The fourth-order valence-electron chi connectivity index (χ4n) is 2.05. The molecule has 0 aliphatic heterocycles. The summed E-state index contributed by atoms with van der Waals surface area (Å²) < 4.78 is 0. The summed E-state index contributed by atoms with van der Waals surface area (Å²) in [4.78, 5) is 11.7. The van der Waals surface area contributed by atoms with Crippen molar-refractivity contribution in [3.05, 3.63) is 34.9 Å². The topological polar surface area (TPSA) is 41.1 Å². The Morgan fingerprint density at radius 3 is 2.28 bits per heavy atom. The van der Waals surface area contributed by atoms with Gasteiger partial charge in [0.1, 0.15) is 0 Å². The number of carbonyl (C=O) groups is 1. The molecular weight excluding hydrogens is 224 g/mol. The number of carbonyl (C=O) groups excluding carboxylic acids is 1. The van der Waals surface area contributed by atoms with Crippen molar-refractivity contribution in [1.82, 2.24) is 10.6 Å². The van der Waals surface area contributed by atoms with Gasteiger partial charge in [-0.1, -0.05) is 18.2 Å². The molecule has 100 valence electrons. The summed E-state index contributed by atoms with van der Waals surface area (Å²) in [5.74, 6) is 0.0662. The first-order chi connectivity index (χ1) is 8.38. The van der Waals surface area contributed by atoms with E-state index in [-0.39, 0.29) is 11.3 Å². The third kappa shape index (κ3) is 3.57. The van der Waals surface area contributed by atoms with Crippen LogP contribution in [0.2, 0.25) is 0 Å². The van der Waals surface area contributed by atoms with Gasteiger partial charge in [0, 0.05) is 20.1 Å². The van der Waals surface area contributed by atoms with Gasteiger partial charge in [0.15, 0.2) is 0 Å². The highest BCUT2D eigenvalue weighted by molar-refractivity contribution is 5.81. The number of hydrogen-bond acceptors (Lipinski definition) is 2. The van der Waals surface area contributed by atoms with Gasteiger partial charge in [-0.3, -0.25) is 4.79 Å². The molecule has 1 amide bonds. The number of benzene rings is 1. The zero-order chi connectivity index (χ0) is 13.8. The molecule has 0 unspecified atom stereocenters. The van der Waals surface area contributed by atoms with Crippen LogP contribution in [0.1, 0.15) is 30.5 Å². The second-order valence-electron chi connectivity index (χ2n) is 5.44. The molecule has 0 saturated carbocycles. The van der Waals surface area contributed by atoms with Crippen LogP contribution in [-0.2, 0) is 11.3 Å². The molecule has 0 atom stereocenters. The second kappa shape index (κ2) is 6.01. The van der Waals surface area contributed by atoms with Crippen molar-refractivity contribution in [3.63, 3.8) is 0 Å². The Kier molecular flexibility index (Phi) is 4.91. The molecule has 0 saturated heterocycles. The summed E-state index contributed by atoms with van der Waals surface area (Å²) in [7, 11) is 1.68. The van der Waals surface area contributed by atoms with E-state index in [0.717, 1.165) is 6.54 Å². The van der Waals surface area contributed by atoms with Crippen molar-refractivity contribution < 1.29 is 4.79 Å². The van der Waals surface area contributed by atoms with E-state index in [1.54, 1.807) is 7.05 Å². The summed E-state index contributed by atoms with van der Waals surface area (Å²) in [5, 5.41) is 6.08. The van der Waals surface area contributed by atoms with Crippen LogP contribution in [0.15, 0.2) is 18.2 Å². The predicted molar refractivity (Wildman–Crippen MR) is 75.5 cm³/mol. The highest BCUT2D eigenvalue weighted by Crippen LogP contribution is 2.16. The molecule has 3 nitrogen and oxygen atoms in total. The Hall–Kier alpha value is -1.35. The summed E-state index contributed by atoms with van der Waals surface area (Å²) in [6, 6.07) is 6.31. The van der Waals surface area contributed by atoms with Gasteiger partial charge in [-0.25, -0.2) is 0 Å². The Bertz CT molecular complexity index is 404. The number of aryl methyl sites for hydroxylation is 2. The number of amides is 1. The van der Waals surface area contributed by atoms with Gasteiger partial charge < -0.3 is 10.6 Å². The number of hydrogen-bond donors (Lipinski definition) is 2. The van der Waals surface area contributed by atoms with E-state index in [1.807, 2.05) is 13.8 Å². The van der Waals surface area contributed by atoms with Gasteiger partial charge in [-0.15, -0.1) is 0 Å². The highest BCUT2D eigenvalue weighted by atomic mass is 16.2. The maximum atomic E-state index is 11.7. The molecule has 0 bridgehead atoms. The van der Waals surface area contributed by atoms with Crippen molar-refractivity contribution in [1.29, 1.82) is 0 Å². The Labute approximate surface area is 110 Å². The number of rotatable bonds is 5. The van der Waals surface area contributed by atoms with E-state index in [1.165, 1.54) is 16.7 Å². The maximum Gasteiger partial charge on any atom is 0.226 e. The van der Waals surface area contributed by atoms with Crippen LogP contribution in [0.25, 0.3) is 0 Å². The lowest BCUT2D eigenvalue weighted by molar-refractivity contribution is -0.128. The van der Waals surface area contributed by atoms with Crippen LogP contribution in [0.3, 0.4) is 0 Å². The van der Waals surface area contributed by atoms with Crippen LogP contribution < -0.4 is 10.6 Å². The fourth-order valence-corrected chi connectivity index (χ4v) is 2.05. The Morgan fingerprint density at radius 1 is 1.22 bits per heavy atom. The molecule has 0 aromatic heterocycles. The number of nitrogens with one attached hydrogen (secondary N) is 2. The minimum Gasteiger partial charge on any atom is -0.359 e. The van der Waals surface area contributed by atoms with Crippen molar-refractivity contribution in [2.24, 2.45) is 5.41 Å². The zero-order valence-corrected chi connectivity index (χ0v) is 12.1. The lowest BCUT2D eigenvalue weighted by Crippen LogP contribution is -2.41. The van der Waals surface area contributed by atoms with E-state index in [4.69, 9.17) is 0 Å². The summed E-state index contributed by atoms with van der Waals surface area (Å²) >= 11 is 0. The van der Waals surface area contributed by atoms with E-state index in [2.05, 4.69) is 42.7 Å². The van der Waals surface area contributed by atoms with Crippen molar-refractivity contribution in [3.8, 4) is 0 Å². The van der Waals surface area contributed by atoms with Gasteiger partial charge >= 0.3 is 0 Å². The molecule has 18 heavy (non-hydrogen) atoms. The highest BCUT2D eigenvalue weighted by Gasteiger charge is 2.25. The van der Waals surface area contributed by atoms with E-state index < -0.39 is 0 Å². The monoisotopic (exact) mass is 248 g/mol. The molecule has 1 aromatic rings. The van der Waals surface area contributed by atoms with Gasteiger partial charge in [0.25, 0.3) is 0 Å². The molecule has 0 spiro atoms. The Balaban J connectivity index is 2.59. The fraction of sp³-hybridized carbons (Fsp3) is 0.533. The van der Waals surface area contributed by atoms with Gasteiger partial charge in [0.2, 0.25) is 5.91 Å². The molecular formula is C15H24N2O. The molecule has 0 aliphatic carbocycles. The normalized spacial score (nSPS) is 11.4. The first-order valence-electron chi connectivity index (χ1n) is 6.36. The zero-order valence-electron chi connectivity index (χ0n) is 12.1. The van der Waals surface area contributed by atoms with Crippen molar-refractivity contribution in [2.45, 2.75) is 34.2 Å². The minimum absolute atomic E-state index is 0.0662. The summed E-state index contributed by atoms with van der Waals surface area (Å²) in [6.45, 7) is 9.61. The molecule has 1 aromatic carbocycles. The molecule has 0 radical (unpaired) electrons. The smallest absolute Gasteiger partial charge is 0.226 e. The Morgan fingerprint density at radius 2 is 1.78 bits per heavy atom. The van der Waals surface area contributed by atoms with Crippen LogP contribution in [-0.4, -0.2) is 19.5 Å². The molecule has 0 fully saturated rings. The summed E-state index contributed by atoms with van der Waals surface area (Å²) in [5.41, 5.74) is 3.52. The van der Waals surface area contributed by atoms with Crippen LogP contribution in [0.5, 0.6) is 0 Å². The lowest BCUT2D eigenvalue weighted by atomic mass is 9.92. The van der Waals surface area contributed by atoms with Gasteiger partial charge in [0.05, 0.1) is 5.41 Å². The van der Waals surface area contributed by atoms with E-state index in [0.29, 0.717) is 6.54 Å². The standard InChI is InChI=1S/C15H24N2O/c1-11-7-6-8-12(2)13(11)9-17-10-15(3,4)14(18)16-5/h6-8,17H,9-10H2,1-5H3,(H,16,18). The first-order valence-corrected chi connectivity index (χ1v) is 6.36. The average molecular weight is 248 g/mol. The van der Waals surface area contributed by atoms with Crippen molar-refractivity contribution in [2.75, 3.05) is 13.6 Å². The molecule has 0 heterocycles. The molecule has 0 aliphatic rings. The quantitative estimate of drug-likeness (QED) is 0.838. The van der Waals surface area contributed by atoms with Gasteiger partial charge in [-0.2, -0.15) is 0 Å². The SMILES string of the molecule is CNC(=O)C(C)(C)CNCc1c(C)cccc1C. The third-order valence-electron chi connectivity index (χ3n) is 3.35. The van der Waals surface area contributed by atoms with Crippen LogP contribution >= 0.6 is 0 Å². The lowest BCUT2D eigenvalue weighted by Gasteiger charge is -2.23. The van der Waals surface area contributed by atoms with Crippen LogP contribution in [0, 0.1) is 19.3 Å². The average Bonchev–Trinajstić information content (AvgIpc) is 2.31. The summed E-state index contributed by atoms with van der Waals surface area (Å²) in [6.07, 6.45) is 0. The van der Waals surface area contributed by atoms with E-state index >= 15 is 0 Å². The van der Waals surface area contributed by atoms with Crippen molar-refractivity contribution >= 4 is 5.91 Å². The van der Waals surface area contributed by atoms with Gasteiger partial charge in [-0.05, 0) is 44.4 Å². The molecule has 1 rings (SSSR count). The maximum absolute atomic E-state index is 11.7. The van der Waals surface area contributed by atoms with E-state index in [9.17, 15) is 4.79 Å². The predicted octanol–water partition coefficient (Wildman–Crippen LogP) is 2.17. The molecule has 3 heteroatoms. The second-order valence-corrected chi connectivity index (χ2v) is 5.44. The third-order valence-corrected chi connectivity index (χ3v) is 3.35. The molecule has 2 N–H and O–H groups in total. The largest absolute Gasteiger partial charge is 0.359 e. The first kappa shape index (κ1) is 14.7.